The second-order valence-corrected chi connectivity index (χ2v) is 5.91. The molecule has 5 nitrogen and oxygen atoms in total. The van der Waals surface area contributed by atoms with Gasteiger partial charge in [0.15, 0.2) is 0 Å². The molecular formula is C14H23N3O2. The average Bonchev–Trinajstić information content (AvgIpc) is 2.96. The highest BCUT2D eigenvalue weighted by Gasteiger charge is 2.43. The lowest BCUT2D eigenvalue weighted by Crippen LogP contribution is -2.51. The van der Waals surface area contributed by atoms with E-state index in [9.17, 15) is 9.59 Å². The summed E-state index contributed by atoms with van der Waals surface area (Å²) in [4.78, 5) is 28.8. The molecule has 106 valence electrons. The van der Waals surface area contributed by atoms with Crippen LogP contribution in [0.1, 0.15) is 39.0 Å². The molecule has 0 aromatic carbocycles. The van der Waals surface area contributed by atoms with Gasteiger partial charge in [-0.2, -0.15) is 0 Å². The molecule has 0 saturated carbocycles. The van der Waals surface area contributed by atoms with E-state index in [0.29, 0.717) is 31.5 Å². The Morgan fingerprint density at radius 3 is 2.79 bits per heavy atom. The summed E-state index contributed by atoms with van der Waals surface area (Å²) in [5.74, 6) is 0.149. The standard InChI is InChI=1S/C14H23N3O2/c1-2-10-14(19)17(9-6-13(18)15-10)12-5-8-16-7-3-4-11(12)16/h10-12H,2-9H2,1H3,(H,15,18). The van der Waals surface area contributed by atoms with Crippen molar-refractivity contribution in [3.05, 3.63) is 0 Å². The van der Waals surface area contributed by atoms with Crippen molar-refractivity contribution in [2.75, 3.05) is 19.6 Å². The van der Waals surface area contributed by atoms with E-state index in [1.165, 1.54) is 19.4 Å². The van der Waals surface area contributed by atoms with Crippen LogP contribution in [0.2, 0.25) is 0 Å². The van der Waals surface area contributed by atoms with Gasteiger partial charge in [-0.25, -0.2) is 0 Å². The number of rotatable bonds is 2. The molecule has 0 aliphatic carbocycles. The summed E-state index contributed by atoms with van der Waals surface area (Å²) in [6.45, 7) is 4.84. The van der Waals surface area contributed by atoms with Crippen molar-refractivity contribution in [1.82, 2.24) is 15.1 Å². The molecule has 0 radical (unpaired) electrons. The van der Waals surface area contributed by atoms with E-state index in [4.69, 9.17) is 0 Å². The van der Waals surface area contributed by atoms with E-state index >= 15 is 0 Å². The Morgan fingerprint density at radius 2 is 2.00 bits per heavy atom. The van der Waals surface area contributed by atoms with Crippen LogP contribution in [0.3, 0.4) is 0 Å². The summed E-state index contributed by atoms with van der Waals surface area (Å²) >= 11 is 0. The van der Waals surface area contributed by atoms with Crippen molar-refractivity contribution in [2.45, 2.75) is 57.2 Å². The van der Waals surface area contributed by atoms with E-state index in [1.807, 2.05) is 11.8 Å². The van der Waals surface area contributed by atoms with Crippen molar-refractivity contribution in [1.29, 1.82) is 0 Å². The number of carbonyl (C=O) groups excluding carboxylic acids is 2. The molecule has 3 atom stereocenters. The van der Waals surface area contributed by atoms with Gasteiger partial charge in [0.1, 0.15) is 6.04 Å². The van der Waals surface area contributed by atoms with Crippen LogP contribution in [-0.4, -0.2) is 59.4 Å². The van der Waals surface area contributed by atoms with E-state index in [1.54, 1.807) is 0 Å². The summed E-state index contributed by atoms with van der Waals surface area (Å²) in [7, 11) is 0. The minimum Gasteiger partial charge on any atom is -0.344 e. The van der Waals surface area contributed by atoms with E-state index in [-0.39, 0.29) is 17.9 Å². The zero-order valence-corrected chi connectivity index (χ0v) is 11.6. The molecule has 2 amide bonds. The first-order chi connectivity index (χ1) is 9.20. The highest BCUT2D eigenvalue weighted by molar-refractivity contribution is 5.90. The molecule has 5 heteroatoms. The third kappa shape index (κ3) is 2.24. The van der Waals surface area contributed by atoms with Gasteiger partial charge in [0.25, 0.3) is 0 Å². The summed E-state index contributed by atoms with van der Waals surface area (Å²) in [6.07, 6.45) is 4.65. The van der Waals surface area contributed by atoms with Gasteiger partial charge in [0.05, 0.1) is 0 Å². The summed E-state index contributed by atoms with van der Waals surface area (Å²) in [5.41, 5.74) is 0. The average molecular weight is 265 g/mol. The Bertz CT molecular complexity index is 385. The minimum atomic E-state index is -0.314. The Kier molecular flexibility index (Phi) is 3.48. The number of amides is 2. The topological polar surface area (TPSA) is 52.7 Å². The SMILES string of the molecule is CCC1NC(=O)CCN(C2CCN3CCCC23)C1=O. The van der Waals surface area contributed by atoms with Gasteiger partial charge in [-0.1, -0.05) is 6.92 Å². The van der Waals surface area contributed by atoms with Crippen LogP contribution in [0.4, 0.5) is 0 Å². The number of nitrogens with zero attached hydrogens (tertiary/aromatic N) is 2. The van der Waals surface area contributed by atoms with Crippen LogP contribution in [0.5, 0.6) is 0 Å². The molecule has 3 heterocycles. The Balaban J connectivity index is 1.78. The lowest BCUT2D eigenvalue weighted by molar-refractivity contribution is -0.136. The maximum Gasteiger partial charge on any atom is 0.245 e. The summed E-state index contributed by atoms with van der Waals surface area (Å²) < 4.78 is 0. The Hall–Kier alpha value is -1.10. The lowest BCUT2D eigenvalue weighted by atomic mass is 10.0. The fraction of sp³-hybridized carbons (Fsp3) is 0.857. The normalized spacial score (nSPS) is 36.3. The summed E-state index contributed by atoms with van der Waals surface area (Å²) in [6, 6.07) is 0.553. The summed E-state index contributed by atoms with van der Waals surface area (Å²) in [5, 5.41) is 2.85. The van der Waals surface area contributed by atoms with Crippen LogP contribution in [0.15, 0.2) is 0 Å². The third-order valence-corrected chi connectivity index (χ3v) is 4.88. The zero-order chi connectivity index (χ0) is 13.4. The Morgan fingerprint density at radius 1 is 1.16 bits per heavy atom. The highest BCUT2D eigenvalue weighted by Crippen LogP contribution is 2.32. The number of nitrogens with one attached hydrogen (secondary N) is 1. The second-order valence-electron chi connectivity index (χ2n) is 5.91. The van der Waals surface area contributed by atoms with Gasteiger partial charge in [-0.3, -0.25) is 14.5 Å². The van der Waals surface area contributed by atoms with Crippen molar-refractivity contribution in [2.24, 2.45) is 0 Å². The first-order valence-corrected chi connectivity index (χ1v) is 7.54. The maximum atomic E-state index is 12.6. The van der Waals surface area contributed by atoms with Crippen LogP contribution < -0.4 is 5.32 Å². The molecule has 1 N–H and O–H groups in total. The molecule has 0 spiro atoms. The zero-order valence-electron chi connectivity index (χ0n) is 11.6. The number of hydrogen-bond acceptors (Lipinski definition) is 3. The van der Waals surface area contributed by atoms with Crippen molar-refractivity contribution in [3.8, 4) is 0 Å². The van der Waals surface area contributed by atoms with Gasteiger partial charge in [-0.15, -0.1) is 0 Å². The largest absolute Gasteiger partial charge is 0.344 e. The predicted octanol–water partition coefficient (Wildman–Crippen LogP) is 0.350. The number of fused-ring (bicyclic) bond motifs is 1. The highest BCUT2D eigenvalue weighted by atomic mass is 16.2. The van der Waals surface area contributed by atoms with Gasteiger partial charge < -0.3 is 10.2 Å². The molecule has 0 aromatic heterocycles. The fourth-order valence-electron chi connectivity index (χ4n) is 3.89. The smallest absolute Gasteiger partial charge is 0.245 e. The van der Waals surface area contributed by atoms with Crippen molar-refractivity contribution >= 4 is 11.8 Å². The fourth-order valence-corrected chi connectivity index (χ4v) is 3.89. The molecule has 0 aromatic rings. The van der Waals surface area contributed by atoms with Crippen molar-refractivity contribution < 1.29 is 9.59 Å². The second kappa shape index (κ2) is 5.12. The first-order valence-electron chi connectivity index (χ1n) is 7.54. The van der Waals surface area contributed by atoms with E-state index < -0.39 is 0 Å². The number of hydrogen-bond donors (Lipinski definition) is 1. The molecular weight excluding hydrogens is 242 g/mol. The molecule has 3 rings (SSSR count). The molecule has 3 aliphatic rings. The van der Waals surface area contributed by atoms with Gasteiger partial charge in [-0.05, 0) is 32.2 Å². The third-order valence-electron chi connectivity index (χ3n) is 4.88. The molecule has 19 heavy (non-hydrogen) atoms. The minimum absolute atomic E-state index is 0.0176. The van der Waals surface area contributed by atoms with Crippen LogP contribution in [0, 0.1) is 0 Å². The monoisotopic (exact) mass is 265 g/mol. The molecule has 3 saturated heterocycles. The van der Waals surface area contributed by atoms with Gasteiger partial charge >= 0.3 is 0 Å². The van der Waals surface area contributed by atoms with Crippen LogP contribution in [0.25, 0.3) is 0 Å². The molecule has 3 aliphatic heterocycles. The molecule has 3 fully saturated rings. The van der Waals surface area contributed by atoms with Crippen LogP contribution >= 0.6 is 0 Å². The maximum absolute atomic E-state index is 12.6. The predicted molar refractivity (Wildman–Crippen MR) is 71.6 cm³/mol. The lowest BCUT2D eigenvalue weighted by Gasteiger charge is -2.33. The van der Waals surface area contributed by atoms with Crippen molar-refractivity contribution in [3.63, 3.8) is 0 Å². The molecule has 0 bridgehead atoms. The van der Waals surface area contributed by atoms with Crippen LogP contribution in [-0.2, 0) is 9.59 Å². The first kappa shape index (κ1) is 12.9. The van der Waals surface area contributed by atoms with Gasteiger partial charge in [0.2, 0.25) is 11.8 Å². The molecule has 3 unspecified atom stereocenters. The Labute approximate surface area is 114 Å². The van der Waals surface area contributed by atoms with E-state index in [2.05, 4.69) is 10.2 Å². The quantitative estimate of drug-likeness (QED) is 0.784. The number of carbonyl (C=O) groups is 2. The van der Waals surface area contributed by atoms with E-state index in [0.717, 1.165) is 13.0 Å². The van der Waals surface area contributed by atoms with Gasteiger partial charge in [0, 0.05) is 31.6 Å².